The summed E-state index contributed by atoms with van der Waals surface area (Å²) >= 11 is 0. The van der Waals surface area contributed by atoms with Crippen LogP contribution in [0, 0.1) is 0 Å². The van der Waals surface area contributed by atoms with Crippen LogP contribution in [-0.2, 0) is 7.05 Å². The SMILES string of the molecule is Cn1nccc1C(NN)C1(N2CCCC2)CCCC1. The van der Waals surface area contributed by atoms with E-state index in [1.54, 1.807) is 0 Å². The van der Waals surface area contributed by atoms with Crippen molar-refractivity contribution < 1.29 is 0 Å². The summed E-state index contributed by atoms with van der Waals surface area (Å²) in [5.74, 6) is 5.95. The number of nitrogens with two attached hydrogens (primary N) is 1. The van der Waals surface area contributed by atoms with Crippen LogP contribution in [0.25, 0.3) is 0 Å². The molecule has 3 rings (SSSR count). The van der Waals surface area contributed by atoms with Gasteiger partial charge in [-0.2, -0.15) is 5.10 Å². The van der Waals surface area contributed by atoms with Crippen molar-refractivity contribution in [2.75, 3.05) is 13.1 Å². The van der Waals surface area contributed by atoms with E-state index in [1.165, 1.54) is 57.3 Å². The van der Waals surface area contributed by atoms with Gasteiger partial charge in [0.05, 0.1) is 11.7 Å². The van der Waals surface area contributed by atoms with Crippen LogP contribution in [0.15, 0.2) is 12.3 Å². The molecule has 1 saturated heterocycles. The first-order chi connectivity index (χ1) is 9.28. The summed E-state index contributed by atoms with van der Waals surface area (Å²) in [5.41, 5.74) is 4.50. The van der Waals surface area contributed by atoms with Gasteiger partial charge in [0, 0.05) is 18.8 Å². The van der Waals surface area contributed by atoms with Gasteiger partial charge in [0.1, 0.15) is 0 Å². The Morgan fingerprint density at radius 1 is 1.26 bits per heavy atom. The summed E-state index contributed by atoms with van der Waals surface area (Å²) in [6.45, 7) is 2.44. The summed E-state index contributed by atoms with van der Waals surface area (Å²) in [5, 5.41) is 4.32. The van der Waals surface area contributed by atoms with E-state index >= 15 is 0 Å². The first kappa shape index (κ1) is 13.1. The van der Waals surface area contributed by atoms with E-state index < -0.39 is 0 Å². The van der Waals surface area contributed by atoms with Gasteiger partial charge >= 0.3 is 0 Å². The fourth-order valence-corrected chi connectivity index (χ4v) is 4.12. The molecule has 1 aromatic rings. The minimum absolute atomic E-state index is 0.181. The van der Waals surface area contributed by atoms with Gasteiger partial charge in [-0.3, -0.25) is 15.4 Å². The van der Waals surface area contributed by atoms with E-state index in [0.29, 0.717) is 0 Å². The summed E-state index contributed by atoms with van der Waals surface area (Å²) in [6.07, 6.45) is 9.63. The Hall–Kier alpha value is -0.910. The topological polar surface area (TPSA) is 59.1 Å². The first-order valence-electron chi connectivity index (χ1n) is 7.47. The zero-order valence-electron chi connectivity index (χ0n) is 11.8. The van der Waals surface area contributed by atoms with E-state index in [2.05, 4.69) is 21.5 Å². The van der Waals surface area contributed by atoms with E-state index in [4.69, 9.17) is 5.84 Å². The van der Waals surface area contributed by atoms with Crippen LogP contribution in [0.5, 0.6) is 0 Å². The van der Waals surface area contributed by atoms with Crippen LogP contribution >= 0.6 is 0 Å². The standard InChI is InChI=1S/C14H25N5/c1-18-12(6-9-16-18)13(17-15)14(7-2-3-8-14)19-10-4-5-11-19/h6,9,13,17H,2-5,7-8,10-11,15H2,1H3. The van der Waals surface area contributed by atoms with Gasteiger partial charge in [-0.05, 0) is 44.8 Å². The molecule has 0 bridgehead atoms. The lowest BCUT2D eigenvalue weighted by Crippen LogP contribution is -2.56. The fraction of sp³-hybridized carbons (Fsp3) is 0.786. The molecule has 0 spiro atoms. The van der Waals surface area contributed by atoms with Crippen LogP contribution < -0.4 is 11.3 Å². The van der Waals surface area contributed by atoms with Crippen molar-refractivity contribution in [1.82, 2.24) is 20.1 Å². The van der Waals surface area contributed by atoms with Gasteiger partial charge in [-0.1, -0.05) is 12.8 Å². The highest BCUT2D eigenvalue weighted by Gasteiger charge is 2.47. The summed E-state index contributed by atoms with van der Waals surface area (Å²) in [7, 11) is 2.01. The van der Waals surface area contributed by atoms with Crippen molar-refractivity contribution in [2.45, 2.75) is 50.1 Å². The minimum Gasteiger partial charge on any atom is -0.296 e. The fourth-order valence-electron chi connectivity index (χ4n) is 4.12. The molecule has 1 aliphatic carbocycles. The second kappa shape index (κ2) is 5.23. The lowest BCUT2D eigenvalue weighted by Gasteiger charge is -2.44. The number of nitrogens with zero attached hydrogens (tertiary/aromatic N) is 3. The normalized spacial score (nSPS) is 24.9. The van der Waals surface area contributed by atoms with Crippen molar-refractivity contribution in [3.63, 3.8) is 0 Å². The Morgan fingerprint density at radius 3 is 2.47 bits per heavy atom. The largest absolute Gasteiger partial charge is 0.296 e. The Kier molecular flexibility index (Phi) is 3.60. The van der Waals surface area contributed by atoms with Gasteiger partial charge in [-0.25, -0.2) is 5.43 Å². The number of hydrogen-bond acceptors (Lipinski definition) is 4. The highest BCUT2D eigenvalue weighted by molar-refractivity contribution is 5.17. The summed E-state index contributed by atoms with van der Waals surface area (Å²) in [4.78, 5) is 2.68. The Bertz CT molecular complexity index is 415. The zero-order valence-corrected chi connectivity index (χ0v) is 11.8. The number of aromatic nitrogens is 2. The van der Waals surface area contributed by atoms with Crippen LogP contribution in [0.2, 0.25) is 0 Å². The molecule has 2 heterocycles. The number of likely N-dealkylation sites (tertiary alicyclic amines) is 1. The molecule has 19 heavy (non-hydrogen) atoms. The Morgan fingerprint density at radius 2 is 1.95 bits per heavy atom. The molecule has 5 nitrogen and oxygen atoms in total. The molecule has 1 aliphatic heterocycles. The zero-order chi connectivity index (χ0) is 13.3. The van der Waals surface area contributed by atoms with Crippen molar-refractivity contribution in [3.8, 4) is 0 Å². The molecule has 0 aromatic carbocycles. The Labute approximate surface area is 115 Å². The molecule has 1 aromatic heterocycles. The molecule has 5 heteroatoms. The second-order valence-corrected chi connectivity index (χ2v) is 5.98. The van der Waals surface area contributed by atoms with Crippen LogP contribution in [0.1, 0.15) is 50.3 Å². The number of aryl methyl sites for hydroxylation is 1. The smallest absolute Gasteiger partial charge is 0.0812 e. The average Bonchev–Trinajstić information content (AvgIpc) is 3.12. The highest BCUT2D eigenvalue weighted by Crippen LogP contribution is 2.45. The van der Waals surface area contributed by atoms with Gasteiger partial charge in [0.2, 0.25) is 0 Å². The molecule has 2 aliphatic rings. The molecule has 2 fully saturated rings. The number of nitrogens with one attached hydrogen (secondary N) is 1. The summed E-state index contributed by atoms with van der Waals surface area (Å²) < 4.78 is 1.96. The first-order valence-corrected chi connectivity index (χ1v) is 7.47. The molecule has 1 atom stereocenters. The van der Waals surface area contributed by atoms with E-state index in [1.807, 2.05) is 17.9 Å². The third-order valence-corrected chi connectivity index (χ3v) is 5.06. The minimum atomic E-state index is 0.181. The molecular formula is C14H25N5. The van der Waals surface area contributed by atoms with Crippen molar-refractivity contribution in [2.24, 2.45) is 12.9 Å². The van der Waals surface area contributed by atoms with Crippen molar-refractivity contribution in [3.05, 3.63) is 18.0 Å². The second-order valence-electron chi connectivity index (χ2n) is 5.98. The third-order valence-electron chi connectivity index (χ3n) is 5.06. The quantitative estimate of drug-likeness (QED) is 0.635. The van der Waals surface area contributed by atoms with Gasteiger partial charge in [0.25, 0.3) is 0 Å². The molecule has 0 radical (unpaired) electrons. The van der Waals surface area contributed by atoms with Crippen LogP contribution in [0.4, 0.5) is 0 Å². The van der Waals surface area contributed by atoms with Gasteiger partial charge < -0.3 is 0 Å². The summed E-state index contributed by atoms with van der Waals surface area (Å²) in [6, 6.07) is 2.28. The molecule has 1 saturated carbocycles. The maximum absolute atomic E-state index is 5.95. The van der Waals surface area contributed by atoms with Gasteiger partial charge in [0.15, 0.2) is 0 Å². The lowest BCUT2D eigenvalue weighted by atomic mass is 9.84. The van der Waals surface area contributed by atoms with Crippen molar-refractivity contribution >= 4 is 0 Å². The van der Waals surface area contributed by atoms with Crippen LogP contribution in [-0.4, -0.2) is 33.3 Å². The Balaban J connectivity index is 1.95. The lowest BCUT2D eigenvalue weighted by molar-refractivity contribution is 0.0731. The van der Waals surface area contributed by atoms with E-state index in [-0.39, 0.29) is 11.6 Å². The molecule has 106 valence electrons. The average molecular weight is 263 g/mol. The predicted octanol–water partition coefficient (Wildman–Crippen LogP) is 1.33. The monoisotopic (exact) mass is 263 g/mol. The predicted molar refractivity (Wildman–Crippen MR) is 75.3 cm³/mol. The number of rotatable bonds is 4. The number of hydrogen-bond donors (Lipinski definition) is 2. The van der Waals surface area contributed by atoms with Gasteiger partial charge in [-0.15, -0.1) is 0 Å². The van der Waals surface area contributed by atoms with E-state index in [9.17, 15) is 0 Å². The highest BCUT2D eigenvalue weighted by atomic mass is 15.3. The van der Waals surface area contributed by atoms with E-state index in [0.717, 1.165) is 0 Å². The van der Waals surface area contributed by atoms with Crippen molar-refractivity contribution in [1.29, 1.82) is 0 Å². The third kappa shape index (κ3) is 2.10. The molecule has 3 N–H and O–H groups in total. The molecular weight excluding hydrogens is 238 g/mol. The molecule has 0 amide bonds. The maximum Gasteiger partial charge on any atom is 0.0812 e. The molecule has 1 unspecified atom stereocenters. The van der Waals surface area contributed by atoms with Crippen LogP contribution in [0.3, 0.4) is 0 Å². The maximum atomic E-state index is 5.95. The number of hydrazine groups is 1.